The van der Waals surface area contributed by atoms with Crippen LogP contribution >= 0.6 is 0 Å². The van der Waals surface area contributed by atoms with E-state index in [-0.39, 0.29) is 0 Å². The molecule has 31 heavy (non-hydrogen) atoms. The Morgan fingerprint density at radius 3 is 2.55 bits per heavy atom. The predicted octanol–water partition coefficient (Wildman–Crippen LogP) is 5.23. The molecular formula is C23H28N6O2. The minimum absolute atomic E-state index is 0.457. The molecule has 2 heterocycles. The molecule has 0 unspecified atom stereocenters. The maximum atomic E-state index is 5.36. The lowest BCUT2D eigenvalue weighted by atomic mass is 10.2. The Kier molecular flexibility index (Phi) is 6.92. The molecule has 0 amide bonds. The third-order valence-electron chi connectivity index (χ3n) is 4.77. The van der Waals surface area contributed by atoms with E-state index >= 15 is 0 Å². The topological polar surface area (TPSA) is 86.1 Å². The first-order chi connectivity index (χ1) is 15.0. The molecule has 1 aromatic carbocycles. The van der Waals surface area contributed by atoms with Crippen LogP contribution in [0.25, 0.3) is 5.70 Å². The van der Waals surface area contributed by atoms with Crippen molar-refractivity contribution in [2.75, 3.05) is 24.9 Å². The number of aromatic nitrogens is 4. The first-order valence-electron chi connectivity index (χ1n) is 9.92. The third kappa shape index (κ3) is 5.03. The molecule has 0 aliphatic heterocycles. The molecule has 2 N–H and O–H groups in total. The van der Waals surface area contributed by atoms with Gasteiger partial charge in [-0.25, -0.2) is 9.67 Å². The average Bonchev–Trinajstić information content (AvgIpc) is 3.06. The summed E-state index contributed by atoms with van der Waals surface area (Å²) >= 11 is 0. The van der Waals surface area contributed by atoms with E-state index in [2.05, 4.69) is 25.7 Å². The molecule has 162 valence electrons. The molecule has 0 aliphatic carbocycles. The quantitative estimate of drug-likeness (QED) is 0.483. The van der Waals surface area contributed by atoms with Crippen molar-refractivity contribution in [1.29, 1.82) is 0 Å². The van der Waals surface area contributed by atoms with E-state index in [0.717, 1.165) is 28.5 Å². The molecule has 8 heteroatoms. The highest BCUT2D eigenvalue weighted by Gasteiger charge is 2.14. The van der Waals surface area contributed by atoms with E-state index < -0.39 is 0 Å². The summed E-state index contributed by atoms with van der Waals surface area (Å²) < 4.78 is 12.5. The van der Waals surface area contributed by atoms with Gasteiger partial charge >= 0.3 is 0 Å². The van der Waals surface area contributed by atoms with Crippen LogP contribution in [0.4, 0.5) is 23.3 Å². The van der Waals surface area contributed by atoms with E-state index in [1.807, 2.05) is 74.9 Å². The van der Waals surface area contributed by atoms with Crippen LogP contribution in [0.1, 0.15) is 25.1 Å². The van der Waals surface area contributed by atoms with Crippen molar-refractivity contribution in [3.05, 3.63) is 59.9 Å². The zero-order valence-corrected chi connectivity index (χ0v) is 18.7. The van der Waals surface area contributed by atoms with Gasteiger partial charge in [0.05, 0.1) is 19.9 Å². The van der Waals surface area contributed by atoms with Gasteiger partial charge in [0.2, 0.25) is 5.95 Å². The fourth-order valence-corrected chi connectivity index (χ4v) is 2.97. The van der Waals surface area contributed by atoms with Gasteiger partial charge in [0.1, 0.15) is 11.6 Å². The van der Waals surface area contributed by atoms with Gasteiger partial charge in [-0.05, 0) is 52.0 Å². The third-order valence-corrected chi connectivity index (χ3v) is 4.77. The van der Waals surface area contributed by atoms with Gasteiger partial charge in [-0.15, -0.1) is 0 Å². The number of ether oxygens (including phenoxy) is 2. The van der Waals surface area contributed by atoms with Crippen LogP contribution in [0.2, 0.25) is 0 Å². The Morgan fingerprint density at radius 1 is 1.06 bits per heavy atom. The zero-order chi connectivity index (χ0) is 22.4. The molecule has 0 spiro atoms. The molecule has 0 saturated carbocycles. The monoisotopic (exact) mass is 420 g/mol. The number of hydrogen-bond acceptors (Lipinski definition) is 7. The molecule has 0 atom stereocenters. The summed E-state index contributed by atoms with van der Waals surface area (Å²) in [5, 5.41) is 11.2. The lowest BCUT2D eigenvalue weighted by Crippen LogP contribution is -2.06. The summed E-state index contributed by atoms with van der Waals surface area (Å²) in [4.78, 5) is 8.92. The number of hydrogen-bond donors (Lipinski definition) is 2. The molecule has 0 saturated heterocycles. The van der Waals surface area contributed by atoms with Crippen LogP contribution in [0.5, 0.6) is 11.5 Å². The standard InChI is InChI=1S/C23H28N6O2/c1-7-8-9-15(2)29-22(16(3)17(4)28-29)26-21-12-13-24-23(27-21)25-18-10-11-19(30-5)20(14-18)31-6/h7-14H,1-6H3,(H2,24,25,26,27). The van der Waals surface area contributed by atoms with Crippen molar-refractivity contribution in [1.82, 2.24) is 19.7 Å². The maximum Gasteiger partial charge on any atom is 0.229 e. The Morgan fingerprint density at radius 2 is 1.84 bits per heavy atom. The average molecular weight is 421 g/mol. The molecule has 2 aromatic heterocycles. The Labute approximate surface area is 182 Å². The predicted molar refractivity (Wildman–Crippen MR) is 125 cm³/mol. The molecule has 8 nitrogen and oxygen atoms in total. The molecular weight excluding hydrogens is 392 g/mol. The van der Waals surface area contributed by atoms with Crippen molar-refractivity contribution < 1.29 is 9.47 Å². The number of nitrogens with one attached hydrogen (secondary N) is 2. The molecule has 3 aromatic rings. The van der Waals surface area contributed by atoms with Crippen molar-refractivity contribution in [3.8, 4) is 11.5 Å². The number of anilines is 4. The summed E-state index contributed by atoms with van der Waals surface area (Å²) in [5.74, 6) is 3.26. The summed E-state index contributed by atoms with van der Waals surface area (Å²) in [6.45, 7) is 8.02. The summed E-state index contributed by atoms with van der Waals surface area (Å²) in [6.07, 6.45) is 7.68. The Bertz CT molecular complexity index is 1120. The minimum atomic E-state index is 0.457. The van der Waals surface area contributed by atoms with Crippen molar-refractivity contribution in [2.24, 2.45) is 0 Å². The van der Waals surface area contributed by atoms with E-state index in [1.54, 1.807) is 20.4 Å². The van der Waals surface area contributed by atoms with Gasteiger partial charge in [0.15, 0.2) is 11.5 Å². The summed E-state index contributed by atoms with van der Waals surface area (Å²) in [7, 11) is 3.20. The van der Waals surface area contributed by atoms with Crippen LogP contribution < -0.4 is 20.1 Å². The van der Waals surface area contributed by atoms with Gasteiger partial charge in [-0.1, -0.05) is 12.2 Å². The highest BCUT2D eigenvalue weighted by molar-refractivity contribution is 5.65. The van der Waals surface area contributed by atoms with Crippen LogP contribution in [-0.4, -0.2) is 34.0 Å². The minimum Gasteiger partial charge on any atom is -0.493 e. The lowest BCUT2D eigenvalue weighted by Gasteiger charge is -2.13. The second kappa shape index (κ2) is 9.80. The van der Waals surface area contributed by atoms with E-state index in [1.165, 1.54) is 0 Å². The number of methoxy groups -OCH3 is 2. The highest BCUT2D eigenvalue weighted by Crippen LogP contribution is 2.31. The second-order valence-corrected chi connectivity index (χ2v) is 6.89. The van der Waals surface area contributed by atoms with Crippen molar-refractivity contribution >= 4 is 29.0 Å². The van der Waals surface area contributed by atoms with Gasteiger partial charge in [0.25, 0.3) is 0 Å². The first-order valence-corrected chi connectivity index (χ1v) is 9.92. The van der Waals surface area contributed by atoms with Crippen LogP contribution in [0.15, 0.2) is 48.7 Å². The largest absolute Gasteiger partial charge is 0.493 e. The van der Waals surface area contributed by atoms with Crippen LogP contribution in [0, 0.1) is 13.8 Å². The summed E-state index contributed by atoms with van der Waals surface area (Å²) in [5.41, 5.74) is 3.79. The van der Waals surface area contributed by atoms with Crippen LogP contribution in [0.3, 0.4) is 0 Å². The maximum absolute atomic E-state index is 5.36. The normalized spacial score (nSPS) is 11.6. The Balaban J connectivity index is 1.87. The lowest BCUT2D eigenvalue weighted by molar-refractivity contribution is 0.355. The zero-order valence-electron chi connectivity index (χ0n) is 18.7. The highest BCUT2D eigenvalue weighted by atomic mass is 16.5. The van der Waals surface area contributed by atoms with Crippen molar-refractivity contribution in [2.45, 2.75) is 27.7 Å². The van der Waals surface area contributed by atoms with E-state index in [0.29, 0.717) is 23.3 Å². The van der Waals surface area contributed by atoms with E-state index in [4.69, 9.17) is 9.47 Å². The fraction of sp³-hybridized carbons (Fsp3) is 0.261. The van der Waals surface area contributed by atoms with Gasteiger partial charge in [-0.3, -0.25) is 0 Å². The fourth-order valence-electron chi connectivity index (χ4n) is 2.97. The smallest absolute Gasteiger partial charge is 0.229 e. The van der Waals surface area contributed by atoms with E-state index in [9.17, 15) is 0 Å². The number of allylic oxidation sites excluding steroid dienone is 4. The molecule has 0 radical (unpaired) electrons. The Hall–Kier alpha value is -3.81. The van der Waals surface area contributed by atoms with Crippen LogP contribution in [-0.2, 0) is 0 Å². The second-order valence-electron chi connectivity index (χ2n) is 6.89. The first kappa shape index (κ1) is 21.9. The SMILES string of the molecule is CC=CC=C(C)n1nc(C)c(C)c1Nc1ccnc(Nc2ccc(OC)c(OC)c2)n1. The molecule has 0 aliphatic rings. The van der Waals surface area contributed by atoms with Gasteiger partial charge in [0, 0.05) is 29.2 Å². The number of benzene rings is 1. The molecule has 0 bridgehead atoms. The molecule has 0 fully saturated rings. The molecule has 3 rings (SSSR count). The number of nitrogens with zero attached hydrogens (tertiary/aromatic N) is 4. The van der Waals surface area contributed by atoms with Crippen molar-refractivity contribution in [3.63, 3.8) is 0 Å². The van der Waals surface area contributed by atoms with Gasteiger partial charge in [-0.2, -0.15) is 10.1 Å². The number of aryl methyl sites for hydroxylation is 1. The summed E-state index contributed by atoms with van der Waals surface area (Å²) in [6, 6.07) is 7.35. The van der Waals surface area contributed by atoms with Gasteiger partial charge < -0.3 is 20.1 Å². The number of rotatable bonds is 8.